The molecule has 3 heteroatoms. The van der Waals surface area contributed by atoms with Gasteiger partial charge in [-0.3, -0.25) is 4.98 Å². The minimum Gasteiger partial charge on any atom is -0.384 e. The minimum absolute atomic E-state index is 0.757. The van der Waals surface area contributed by atoms with Gasteiger partial charge in [-0.2, -0.15) is 0 Å². The first-order valence-corrected chi connectivity index (χ1v) is 6.87. The Labute approximate surface area is 113 Å². The summed E-state index contributed by atoms with van der Waals surface area (Å²) in [5.74, 6) is 0. The maximum absolute atomic E-state index is 6.10. The lowest BCUT2D eigenvalue weighted by atomic mass is 10.1. The number of pyridine rings is 1. The van der Waals surface area contributed by atoms with Crippen LogP contribution in [0.5, 0.6) is 0 Å². The molecule has 1 N–H and O–H groups in total. The van der Waals surface area contributed by atoms with E-state index in [0.29, 0.717) is 0 Å². The molecule has 0 fully saturated rings. The Morgan fingerprint density at radius 2 is 2.06 bits per heavy atom. The van der Waals surface area contributed by atoms with Crippen LogP contribution >= 0.6 is 11.6 Å². The second-order valence-electron chi connectivity index (χ2n) is 4.50. The molecule has 0 saturated heterocycles. The Balaban J connectivity index is 2.66. The Bertz CT molecular complexity index is 564. The summed E-state index contributed by atoms with van der Waals surface area (Å²) in [6.45, 7) is 7.40. The van der Waals surface area contributed by atoms with Gasteiger partial charge in [-0.15, -0.1) is 0 Å². The average Bonchev–Trinajstić information content (AvgIpc) is 2.37. The molecule has 2 aromatic rings. The van der Waals surface area contributed by atoms with Crippen molar-refractivity contribution in [2.75, 3.05) is 11.9 Å². The van der Waals surface area contributed by atoms with Crippen molar-refractivity contribution in [2.24, 2.45) is 0 Å². The van der Waals surface area contributed by atoms with Crippen molar-refractivity contribution in [3.8, 4) is 0 Å². The van der Waals surface area contributed by atoms with Crippen molar-refractivity contribution in [1.29, 1.82) is 0 Å². The Kier molecular flexibility index (Phi) is 4.07. The largest absolute Gasteiger partial charge is 0.384 e. The van der Waals surface area contributed by atoms with Crippen molar-refractivity contribution in [3.63, 3.8) is 0 Å². The van der Waals surface area contributed by atoms with Crippen molar-refractivity contribution < 1.29 is 0 Å². The van der Waals surface area contributed by atoms with Crippen LogP contribution in [0.25, 0.3) is 10.9 Å². The molecule has 0 atom stereocenters. The van der Waals surface area contributed by atoms with E-state index in [0.717, 1.165) is 41.0 Å². The summed E-state index contributed by atoms with van der Waals surface area (Å²) < 4.78 is 0. The zero-order valence-corrected chi connectivity index (χ0v) is 11.9. The lowest BCUT2D eigenvalue weighted by molar-refractivity contribution is 0.970. The normalized spacial score (nSPS) is 10.9. The van der Waals surface area contributed by atoms with E-state index in [1.807, 2.05) is 18.2 Å². The summed E-state index contributed by atoms with van der Waals surface area (Å²) in [5.41, 5.74) is 4.59. The van der Waals surface area contributed by atoms with Crippen LogP contribution in [0.3, 0.4) is 0 Å². The summed E-state index contributed by atoms with van der Waals surface area (Å²) >= 11 is 6.10. The smallest absolute Gasteiger partial charge is 0.0727 e. The third-order valence-electron chi connectivity index (χ3n) is 3.18. The van der Waals surface area contributed by atoms with Gasteiger partial charge in [0.15, 0.2) is 0 Å². The molecular weight excluding hydrogens is 244 g/mol. The second kappa shape index (κ2) is 5.57. The van der Waals surface area contributed by atoms with Crippen LogP contribution in [0, 0.1) is 6.92 Å². The Hall–Kier alpha value is -1.28. The fourth-order valence-corrected chi connectivity index (χ4v) is 2.38. The molecule has 0 aliphatic rings. The molecule has 1 heterocycles. The molecule has 2 nitrogen and oxygen atoms in total. The molecule has 2 rings (SSSR count). The molecule has 0 unspecified atom stereocenters. The van der Waals surface area contributed by atoms with Gasteiger partial charge in [-0.25, -0.2) is 0 Å². The van der Waals surface area contributed by atoms with Crippen LogP contribution in [0.2, 0.25) is 5.02 Å². The van der Waals surface area contributed by atoms with Crippen LogP contribution in [-0.2, 0) is 6.42 Å². The molecule has 0 amide bonds. The maximum Gasteiger partial charge on any atom is 0.0727 e. The zero-order valence-electron chi connectivity index (χ0n) is 11.2. The number of hydrogen-bond acceptors (Lipinski definition) is 2. The van der Waals surface area contributed by atoms with Gasteiger partial charge in [-0.1, -0.05) is 25.4 Å². The van der Waals surface area contributed by atoms with E-state index in [9.17, 15) is 0 Å². The number of hydrogen-bond donors (Lipinski definition) is 1. The van der Waals surface area contributed by atoms with Gasteiger partial charge in [0.05, 0.1) is 5.52 Å². The summed E-state index contributed by atoms with van der Waals surface area (Å²) in [7, 11) is 0. The van der Waals surface area contributed by atoms with Gasteiger partial charge in [0.2, 0.25) is 0 Å². The maximum atomic E-state index is 6.10. The highest BCUT2D eigenvalue weighted by Crippen LogP contribution is 2.30. The van der Waals surface area contributed by atoms with Crippen LogP contribution in [0.15, 0.2) is 18.2 Å². The summed E-state index contributed by atoms with van der Waals surface area (Å²) in [5, 5.41) is 5.38. The zero-order chi connectivity index (χ0) is 13.1. The monoisotopic (exact) mass is 262 g/mol. The summed E-state index contributed by atoms with van der Waals surface area (Å²) in [6.07, 6.45) is 2.05. The van der Waals surface area contributed by atoms with E-state index in [1.54, 1.807) is 0 Å². The second-order valence-corrected chi connectivity index (χ2v) is 4.94. The molecule has 0 saturated carbocycles. The molecular formula is C15H19ClN2. The van der Waals surface area contributed by atoms with Crippen LogP contribution < -0.4 is 5.32 Å². The fourth-order valence-electron chi connectivity index (χ4n) is 2.20. The van der Waals surface area contributed by atoms with Gasteiger partial charge in [0.1, 0.15) is 0 Å². The molecule has 1 aromatic heterocycles. The van der Waals surface area contributed by atoms with Gasteiger partial charge < -0.3 is 5.32 Å². The van der Waals surface area contributed by atoms with Crippen LogP contribution in [-0.4, -0.2) is 11.5 Å². The van der Waals surface area contributed by atoms with E-state index in [1.165, 1.54) is 11.3 Å². The third-order valence-corrected chi connectivity index (χ3v) is 3.41. The van der Waals surface area contributed by atoms with Crippen LogP contribution in [0.4, 0.5) is 5.69 Å². The number of fused-ring (bicyclic) bond motifs is 1. The quantitative estimate of drug-likeness (QED) is 0.872. The first kappa shape index (κ1) is 13.2. The number of rotatable bonds is 4. The van der Waals surface area contributed by atoms with E-state index in [4.69, 9.17) is 16.6 Å². The number of nitrogens with zero attached hydrogens (tertiary/aromatic N) is 1. The van der Waals surface area contributed by atoms with Crippen molar-refractivity contribution in [1.82, 2.24) is 4.98 Å². The highest BCUT2D eigenvalue weighted by atomic mass is 35.5. The van der Waals surface area contributed by atoms with E-state index in [2.05, 4.69) is 26.1 Å². The number of benzene rings is 1. The molecule has 18 heavy (non-hydrogen) atoms. The lowest BCUT2D eigenvalue weighted by Crippen LogP contribution is -2.05. The molecule has 0 radical (unpaired) electrons. The number of aryl methyl sites for hydroxylation is 1. The van der Waals surface area contributed by atoms with Gasteiger partial charge in [0, 0.05) is 28.3 Å². The SMILES string of the molecule is CCCNc1c(C)c(CC)nc2ccc(Cl)cc12. The lowest BCUT2D eigenvalue weighted by Gasteiger charge is -2.15. The van der Waals surface area contributed by atoms with Crippen molar-refractivity contribution >= 4 is 28.2 Å². The van der Waals surface area contributed by atoms with Gasteiger partial charge in [-0.05, 0) is 43.5 Å². The van der Waals surface area contributed by atoms with Gasteiger partial charge in [0.25, 0.3) is 0 Å². The average molecular weight is 263 g/mol. The highest BCUT2D eigenvalue weighted by molar-refractivity contribution is 6.31. The summed E-state index contributed by atoms with van der Waals surface area (Å²) in [4.78, 5) is 4.70. The molecule has 0 aliphatic heterocycles. The van der Waals surface area contributed by atoms with Gasteiger partial charge >= 0.3 is 0 Å². The number of halogens is 1. The predicted octanol–water partition coefficient (Wildman–Crippen LogP) is 4.58. The standard InChI is InChI=1S/C15H19ClN2/c1-4-8-17-15-10(3)13(5-2)18-14-7-6-11(16)9-12(14)15/h6-7,9H,4-5,8H2,1-3H3,(H,17,18). The molecule has 96 valence electrons. The fraction of sp³-hybridized carbons (Fsp3) is 0.400. The summed E-state index contributed by atoms with van der Waals surface area (Å²) in [6, 6.07) is 5.89. The molecule has 0 spiro atoms. The van der Waals surface area contributed by atoms with Crippen LogP contribution in [0.1, 0.15) is 31.5 Å². The first-order chi connectivity index (χ1) is 8.67. The molecule has 0 bridgehead atoms. The Morgan fingerprint density at radius 3 is 2.72 bits per heavy atom. The van der Waals surface area contributed by atoms with E-state index in [-0.39, 0.29) is 0 Å². The van der Waals surface area contributed by atoms with E-state index >= 15 is 0 Å². The topological polar surface area (TPSA) is 24.9 Å². The minimum atomic E-state index is 0.757. The highest BCUT2D eigenvalue weighted by Gasteiger charge is 2.10. The third kappa shape index (κ3) is 2.44. The number of nitrogens with one attached hydrogen (secondary N) is 1. The van der Waals surface area contributed by atoms with Crippen molar-refractivity contribution in [3.05, 3.63) is 34.5 Å². The van der Waals surface area contributed by atoms with E-state index < -0.39 is 0 Å². The Morgan fingerprint density at radius 1 is 1.28 bits per heavy atom. The molecule has 1 aromatic carbocycles. The number of anilines is 1. The first-order valence-electron chi connectivity index (χ1n) is 6.50. The predicted molar refractivity (Wildman–Crippen MR) is 79.6 cm³/mol. The number of aromatic nitrogens is 1. The molecule has 0 aliphatic carbocycles. The van der Waals surface area contributed by atoms with Crippen molar-refractivity contribution in [2.45, 2.75) is 33.6 Å².